The Morgan fingerprint density at radius 1 is 1.20 bits per heavy atom. The van der Waals surface area contributed by atoms with Crippen molar-refractivity contribution in [3.8, 4) is 0 Å². The predicted molar refractivity (Wildman–Crippen MR) is 120 cm³/mol. The summed E-state index contributed by atoms with van der Waals surface area (Å²) in [4.78, 5) is 24.0. The van der Waals surface area contributed by atoms with Gasteiger partial charge in [0.2, 0.25) is 0 Å². The molecular formula is C25H23F3N4O3. The summed E-state index contributed by atoms with van der Waals surface area (Å²) in [5.41, 5.74) is 8.66. The number of aromatic nitrogens is 2. The molecule has 3 atom stereocenters. The smallest absolute Gasteiger partial charge is 0.383 e. The first-order valence-electron chi connectivity index (χ1n) is 11.5. The molecule has 2 aromatic heterocycles. The van der Waals surface area contributed by atoms with E-state index >= 15 is 0 Å². The summed E-state index contributed by atoms with van der Waals surface area (Å²) in [6.45, 7) is 3.56. The maximum atomic E-state index is 13.8. The van der Waals surface area contributed by atoms with E-state index in [1.54, 1.807) is 17.0 Å². The molecule has 2 N–H and O–H groups in total. The average Bonchev–Trinajstić information content (AvgIpc) is 3.12. The SMILES string of the molecule is CC1OCc2c1c(N)nc1ccc(C(=O)N(Cc3ccc(C(F)(F)F)cn3)C3C4COCC43)cc21. The van der Waals surface area contributed by atoms with E-state index in [2.05, 4.69) is 9.97 Å². The molecule has 3 aliphatic rings. The number of rotatable bonds is 4. The van der Waals surface area contributed by atoms with Crippen molar-refractivity contribution in [1.82, 2.24) is 14.9 Å². The maximum absolute atomic E-state index is 13.8. The number of pyridine rings is 2. The number of halogens is 3. The molecule has 3 unspecified atom stereocenters. The molecular weight excluding hydrogens is 461 g/mol. The van der Waals surface area contributed by atoms with Gasteiger partial charge in [-0.1, -0.05) is 0 Å². The van der Waals surface area contributed by atoms with Gasteiger partial charge in [-0.25, -0.2) is 4.98 Å². The van der Waals surface area contributed by atoms with Crippen LogP contribution in [0, 0.1) is 11.8 Å². The minimum Gasteiger partial charge on any atom is -0.383 e. The van der Waals surface area contributed by atoms with Crippen molar-refractivity contribution in [2.45, 2.75) is 38.4 Å². The first-order valence-corrected chi connectivity index (χ1v) is 11.5. The highest BCUT2D eigenvalue weighted by Gasteiger charge is 2.58. The molecule has 0 spiro atoms. The lowest BCUT2D eigenvalue weighted by Crippen LogP contribution is -2.36. The summed E-state index contributed by atoms with van der Waals surface area (Å²) >= 11 is 0. The van der Waals surface area contributed by atoms with Gasteiger partial charge < -0.3 is 20.1 Å². The number of nitrogens with two attached hydrogens (primary N) is 1. The summed E-state index contributed by atoms with van der Waals surface area (Å²) in [7, 11) is 0. The molecule has 7 nitrogen and oxygen atoms in total. The fourth-order valence-corrected chi connectivity index (χ4v) is 5.41. The van der Waals surface area contributed by atoms with Gasteiger partial charge in [-0.15, -0.1) is 0 Å². The number of hydrogen-bond acceptors (Lipinski definition) is 6. The van der Waals surface area contributed by atoms with Crippen LogP contribution in [0.5, 0.6) is 0 Å². The first kappa shape index (κ1) is 22.2. The van der Waals surface area contributed by atoms with Gasteiger partial charge in [-0.2, -0.15) is 13.2 Å². The third-order valence-corrected chi connectivity index (χ3v) is 7.31. The Morgan fingerprint density at radius 2 is 1.97 bits per heavy atom. The van der Waals surface area contributed by atoms with Gasteiger partial charge >= 0.3 is 6.18 Å². The maximum Gasteiger partial charge on any atom is 0.417 e. The van der Waals surface area contributed by atoms with Crippen LogP contribution in [-0.2, 0) is 28.8 Å². The molecule has 0 radical (unpaired) electrons. The summed E-state index contributed by atoms with van der Waals surface area (Å²) in [6.07, 6.45) is -3.82. The highest BCUT2D eigenvalue weighted by molar-refractivity contribution is 5.99. The number of carbonyl (C=O) groups excluding carboxylic acids is 1. The largest absolute Gasteiger partial charge is 0.417 e. The van der Waals surface area contributed by atoms with Crippen molar-refractivity contribution in [1.29, 1.82) is 0 Å². The Labute approximate surface area is 199 Å². The number of anilines is 1. The molecule has 0 bridgehead atoms. The van der Waals surface area contributed by atoms with Crippen molar-refractivity contribution in [3.63, 3.8) is 0 Å². The Bertz CT molecular complexity index is 1320. The normalized spacial score (nSPS) is 24.9. The molecule has 1 saturated carbocycles. The average molecular weight is 484 g/mol. The number of ether oxygens (including phenoxy) is 2. The lowest BCUT2D eigenvalue weighted by atomic mass is 10.00. The van der Waals surface area contributed by atoms with Crippen LogP contribution in [0.4, 0.5) is 19.0 Å². The number of alkyl halides is 3. The first-order chi connectivity index (χ1) is 16.7. The number of amides is 1. The zero-order chi connectivity index (χ0) is 24.5. The molecule has 3 aromatic rings. The van der Waals surface area contributed by atoms with Crippen LogP contribution < -0.4 is 5.73 Å². The van der Waals surface area contributed by atoms with E-state index < -0.39 is 11.7 Å². The number of hydrogen-bond donors (Lipinski definition) is 1. The molecule has 1 aromatic carbocycles. The van der Waals surface area contributed by atoms with Crippen LogP contribution in [-0.4, -0.2) is 40.0 Å². The van der Waals surface area contributed by atoms with Gasteiger partial charge in [0, 0.05) is 40.6 Å². The number of benzene rings is 1. The van der Waals surface area contributed by atoms with Gasteiger partial charge in [-0.3, -0.25) is 9.78 Å². The molecule has 2 fully saturated rings. The van der Waals surface area contributed by atoms with E-state index in [1.165, 1.54) is 6.07 Å². The second-order valence-corrected chi connectivity index (χ2v) is 9.40. The van der Waals surface area contributed by atoms with E-state index in [0.29, 0.717) is 42.4 Å². The van der Waals surface area contributed by atoms with Gasteiger partial charge in [0.25, 0.3) is 5.91 Å². The van der Waals surface area contributed by atoms with Crippen LogP contribution in [0.15, 0.2) is 36.5 Å². The lowest BCUT2D eigenvalue weighted by molar-refractivity contribution is -0.137. The zero-order valence-corrected chi connectivity index (χ0v) is 18.9. The minimum atomic E-state index is -4.46. The highest BCUT2D eigenvalue weighted by Crippen LogP contribution is 2.49. The standard InChI is InChI=1S/C25H23F3N4O3/c1-12-21-17(11-35-12)16-6-13(2-5-20(16)31-23(21)29)24(33)32(22-18-9-34-10-19(18)22)8-15-4-3-14(7-30-15)25(26,27)28/h2-7,12,18-19,22H,8-11H2,1H3,(H2,29,31). The quantitative estimate of drug-likeness (QED) is 0.600. The number of nitrogens with zero attached hydrogens (tertiary/aromatic N) is 3. The molecule has 182 valence electrons. The van der Waals surface area contributed by atoms with Crippen molar-refractivity contribution < 1.29 is 27.4 Å². The molecule has 10 heteroatoms. The Balaban J connectivity index is 1.34. The number of nitrogen functional groups attached to an aromatic ring is 1. The third kappa shape index (κ3) is 3.71. The van der Waals surface area contributed by atoms with Crippen LogP contribution >= 0.6 is 0 Å². The topological polar surface area (TPSA) is 90.6 Å². The second kappa shape index (κ2) is 7.89. The predicted octanol–water partition coefficient (Wildman–Crippen LogP) is 4.11. The Morgan fingerprint density at radius 3 is 2.66 bits per heavy atom. The summed E-state index contributed by atoms with van der Waals surface area (Å²) in [6, 6.07) is 7.59. The second-order valence-electron chi connectivity index (χ2n) is 9.40. The van der Waals surface area contributed by atoms with Crippen molar-refractivity contribution >= 4 is 22.6 Å². The van der Waals surface area contributed by atoms with Crippen LogP contribution in [0.25, 0.3) is 10.9 Å². The number of fused-ring (bicyclic) bond motifs is 4. The monoisotopic (exact) mass is 484 g/mol. The van der Waals surface area contributed by atoms with Crippen molar-refractivity contribution in [2.75, 3.05) is 18.9 Å². The van der Waals surface area contributed by atoms with E-state index in [0.717, 1.165) is 28.8 Å². The zero-order valence-electron chi connectivity index (χ0n) is 18.9. The molecule has 1 amide bonds. The van der Waals surface area contributed by atoms with Gasteiger partial charge in [0.05, 0.1) is 49.2 Å². The molecule has 4 heterocycles. The minimum absolute atomic E-state index is 0.0327. The Kier molecular flexibility index (Phi) is 5.01. The van der Waals surface area contributed by atoms with Crippen LogP contribution in [0.1, 0.15) is 45.8 Å². The van der Waals surface area contributed by atoms with Crippen molar-refractivity contribution in [2.24, 2.45) is 11.8 Å². The Hall–Kier alpha value is -3.24. The van der Waals surface area contributed by atoms with E-state index in [9.17, 15) is 18.0 Å². The molecule has 6 rings (SSSR count). The summed E-state index contributed by atoms with van der Waals surface area (Å²) in [5, 5.41) is 0.816. The van der Waals surface area contributed by atoms with Gasteiger partial charge in [0.1, 0.15) is 5.82 Å². The van der Waals surface area contributed by atoms with E-state index in [1.807, 2.05) is 13.0 Å². The number of carbonyl (C=O) groups is 1. The van der Waals surface area contributed by atoms with Crippen LogP contribution in [0.2, 0.25) is 0 Å². The fourth-order valence-electron chi connectivity index (χ4n) is 5.41. The summed E-state index contributed by atoms with van der Waals surface area (Å²) < 4.78 is 50.1. The van der Waals surface area contributed by atoms with Crippen LogP contribution in [0.3, 0.4) is 0 Å². The molecule has 1 saturated heterocycles. The third-order valence-electron chi connectivity index (χ3n) is 7.31. The van der Waals surface area contributed by atoms with E-state index in [4.69, 9.17) is 15.2 Å². The van der Waals surface area contributed by atoms with Gasteiger partial charge in [-0.05, 0) is 42.8 Å². The summed E-state index contributed by atoms with van der Waals surface area (Å²) in [5.74, 6) is 0.686. The molecule has 1 aliphatic carbocycles. The lowest BCUT2D eigenvalue weighted by Gasteiger charge is -2.25. The fraction of sp³-hybridized carbons (Fsp3) is 0.400. The molecule has 35 heavy (non-hydrogen) atoms. The van der Waals surface area contributed by atoms with E-state index in [-0.39, 0.29) is 36.4 Å². The van der Waals surface area contributed by atoms with Crippen molar-refractivity contribution in [3.05, 3.63) is 64.5 Å². The van der Waals surface area contributed by atoms with Gasteiger partial charge in [0.15, 0.2) is 0 Å². The molecule has 2 aliphatic heterocycles. The highest BCUT2D eigenvalue weighted by atomic mass is 19.4.